The fraction of sp³-hybridized carbons (Fsp3) is 0. The number of anilines is 1. The molecule has 0 saturated heterocycles. The molecule has 3 aromatic rings. The molecule has 4 rings (SSSR count). The van der Waals surface area contributed by atoms with Gasteiger partial charge in [-0.05, 0) is 93.7 Å². The predicted molar refractivity (Wildman–Crippen MR) is 182 cm³/mol. The van der Waals surface area contributed by atoms with Crippen LogP contribution in [-0.2, 0) is 29.8 Å². The molecule has 0 bridgehead atoms. The summed E-state index contributed by atoms with van der Waals surface area (Å²) in [5.74, 6) is -4.35. The maximum Gasteiger partial charge on any atom is 0.357 e. The molecule has 2 heterocycles. The van der Waals surface area contributed by atoms with Gasteiger partial charge in [-0.3, -0.25) is 13.9 Å². The van der Waals surface area contributed by atoms with Crippen molar-refractivity contribution in [2.75, 3.05) is 5.01 Å². The second-order valence-corrected chi connectivity index (χ2v) is 14.2. The van der Waals surface area contributed by atoms with Gasteiger partial charge in [-0.15, -0.1) is 0 Å². The molecule has 0 radical (unpaired) electrons. The predicted octanol–water partition coefficient (Wildman–Crippen LogP) is 3.52. The summed E-state index contributed by atoms with van der Waals surface area (Å²) in [5.41, 5.74) is -1.34. The quantitative estimate of drug-likeness (QED) is 0.0847. The number of carbonyl (C=O) groups excluding carboxylic acids is 1. The first-order valence-corrected chi connectivity index (χ1v) is 17.4. The van der Waals surface area contributed by atoms with Crippen molar-refractivity contribution in [1.29, 1.82) is 0 Å². The van der Waals surface area contributed by atoms with E-state index in [4.69, 9.17) is 0 Å². The van der Waals surface area contributed by atoms with Crippen LogP contribution in [0.25, 0.3) is 11.8 Å². The number of nitrogens with zero attached hydrogens (tertiary/aromatic N) is 4. The molecule has 0 atom stereocenters. The molecule has 0 spiro atoms. The van der Waals surface area contributed by atoms with Crippen molar-refractivity contribution >= 4 is 101 Å². The summed E-state index contributed by atoms with van der Waals surface area (Å²) in [4.78, 5) is 35.7. The summed E-state index contributed by atoms with van der Waals surface area (Å²) in [6.45, 7) is 0. The van der Waals surface area contributed by atoms with Gasteiger partial charge >= 0.3 is 11.9 Å². The third kappa shape index (κ3) is 7.84. The highest BCUT2D eigenvalue weighted by Crippen LogP contribution is 2.31. The van der Waals surface area contributed by atoms with Gasteiger partial charge in [0.15, 0.2) is 11.4 Å². The molecular formula is C27H18I2N4O12S2. The lowest BCUT2D eigenvalue weighted by Crippen LogP contribution is -2.23. The van der Waals surface area contributed by atoms with Crippen LogP contribution >= 0.6 is 45.2 Å². The molecule has 47 heavy (non-hydrogen) atoms. The number of amides is 1. The zero-order valence-electron chi connectivity index (χ0n) is 23.0. The van der Waals surface area contributed by atoms with Crippen molar-refractivity contribution in [3.05, 3.63) is 96.8 Å². The van der Waals surface area contributed by atoms with Gasteiger partial charge in [-0.2, -0.15) is 36.7 Å². The Morgan fingerprint density at radius 3 is 1.83 bits per heavy atom. The van der Waals surface area contributed by atoms with E-state index < -0.39 is 65.2 Å². The highest BCUT2D eigenvalue weighted by atomic mass is 125. The lowest BCUT2D eigenvalue weighted by molar-refractivity contribution is -0.129. The second-order valence-electron chi connectivity index (χ2n) is 9.06. The average Bonchev–Trinajstić information content (AvgIpc) is 3.48. The topological polar surface area (TPSA) is 254 Å². The van der Waals surface area contributed by atoms with E-state index in [2.05, 4.69) is 10.2 Å². The molecule has 16 nitrogen and oxygen atoms in total. The lowest BCUT2D eigenvalue weighted by atomic mass is 10.1. The van der Waals surface area contributed by atoms with Gasteiger partial charge < -0.3 is 15.3 Å². The summed E-state index contributed by atoms with van der Waals surface area (Å²) >= 11 is 3.44. The summed E-state index contributed by atoms with van der Waals surface area (Å²) < 4.78 is 65.4. The molecule has 0 aliphatic carbocycles. The largest absolute Gasteiger partial charge is 0.493 e. The average molecular weight is 904 g/mol. The number of benzene rings is 2. The van der Waals surface area contributed by atoms with Crippen LogP contribution in [0.5, 0.6) is 5.88 Å². The number of halogens is 2. The molecule has 0 saturated carbocycles. The molecule has 0 fully saturated rings. The van der Waals surface area contributed by atoms with Crippen LogP contribution in [0.3, 0.4) is 0 Å². The Morgan fingerprint density at radius 2 is 1.32 bits per heavy atom. The third-order valence-corrected chi connectivity index (χ3v) is 9.47. The number of hydrogen-bond acceptors (Lipinski definition) is 10. The number of carboxylic acids is 2. The second kappa shape index (κ2) is 13.9. The zero-order valence-corrected chi connectivity index (χ0v) is 28.9. The Morgan fingerprint density at radius 1 is 0.787 bits per heavy atom. The van der Waals surface area contributed by atoms with Crippen molar-refractivity contribution in [2.24, 2.45) is 5.10 Å². The van der Waals surface area contributed by atoms with Crippen LogP contribution in [0.15, 0.2) is 93.3 Å². The van der Waals surface area contributed by atoms with E-state index in [1.165, 1.54) is 54.7 Å². The van der Waals surface area contributed by atoms with E-state index in [0.717, 1.165) is 34.0 Å². The maximum absolute atomic E-state index is 13.0. The van der Waals surface area contributed by atoms with Crippen LogP contribution in [-0.4, -0.2) is 74.6 Å². The zero-order chi connectivity index (χ0) is 34.8. The minimum absolute atomic E-state index is 0.0799. The molecule has 1 aromatic heterocycles. The summed E-state index contributed by atoms with van der Waals surface area (Å²) in [7, 11) is -9.02. The van der Waals surface area contributed by atoms with Crippen molar-refractivity contribution in [2.45, 2.75) is 9.79 Å². The monoisotopic (exact) mass is 904 g/mol. The van der Waals surface area contributed by atoms with Gasteiger partial charge in [-0.1, -0.05) is 30.4 Å². The summed E-state index contributed by atoms with van der Waals surface area (Å²) in [6, 6.07) is 6.70. The standard InChI is InChI=1S/C27H18I2N4O12S2/c28-18-12-14(46(40,41)42)8-10-20(18)32-24(34)16(22(30-32)26(36)37)6-4-2-1-3-5-7-17-23(27(38)39)31-33(25(17)35)21-11-9-15(13-19(21)29)47(43,44)45/h1-13,34H,(H,36,37)(H,38,39)(H,40,41,42)(H,43,44,45)/b2-1+,5-3+,6-4+,17-7-/i28-2,29-2. The minimum atomic E-state index is -4.51. The van der Waals surface area contributed by atoms with Gasteiger partial charge in [-0.25, -0.2) is 9.59 Å². The van der Waals surface area contributed by atoms with Crippen LogP contribution < -0.4 is 5.01 Å². The number of hydrogen-bond donors (Lipinski definition) is 5. The number of carboxylic acid groups (broad SMARTS) is 2. The van der Waals surface area contributed by atoms with Gasteiger partial charge in [0.1, 0.15) is 0 Å². The number of aromatic hydroxyl groups is 1. The van der Waals surface area contributed by atoms with Gasteiger partial charge in [0, 0.05) is 7.14 Å². The van der Waals surface area contributed by atoms with Gasteiger partial charge in [0.2, 0.25) is 5.88 Å². The number of hydrazone groups is 1. The summed E-state index contributed by atoms with van der Waals surface area (Å²) in [6.07, 6.45) is 9.42. The number of aromatic carboxylic acids is 1. The van der Waals surface area contributed by atoms with E-state index in [-0.39, 0.29) is 29.7 Å². The maximum atomic E-state index is 13.0. The SMILES string of the molecule is O=C(O)C1=NN(c2ccc(S(=O)(=O)O)cc2[125I])C(=O)\C1=C/C=C/C=C/C=C/c1c(C(=O)O)nn(-c2ccc(S(=O)(=O)O)cc2[125I])c1O. The van der Waals surface area contributed by atoms with E-state index in [1.807, 2.05) is 0 Å². The molecule has 1 aliphatic heterocycles. The first-order chi connectivity index (χ1) is 21.9. The smallest absolute Gasteiger partial charge is 0.357 e. The number of aliphatic carboxylic acids is 1. The first kappa shape index (κ1) is 35.6. The van der Waals surface area contributed by atoms with E-state index in [9.17, 15) is 55.6 Å². The molecule has 0 unspecified atom stereocenters. The molecular weight excluding hydrogens is 886 g/mol. The molecule has 2 aromatic carbocycles. The Bertz CT molecular complexity index is 2220. The van der Waals surface area contributed by atoms with Crippen molar-refractivity contribution < 1.29 is 55.6 Å². The number of rotatable bonds is 10. The highest BCUT2D eigenvalue weighted by Gasteiger charge is 2.35. The van der Waals surface area contributed by atoms with Crippen LogP contribution in [0.4, 0.5) is 5.69 Å². The van der Waals surface area contributed by atoms with Crippen LogP contribution in [0.2, 0.25) is 0 Å². The highest BCUT2D eigenvalue weighted by molar-refractivity contribution is 14.1. The number of carbonyl (C=O) groups is 3. The molecule has 1 amide bonds. The number of aromatic nitrogens is 2. The Balaban J connectivity index is 1.54. The molecule has 5 N–H and O–H groups in total. The Hall–Kier alpha value is -4.23. The fourth-order valence-corrected chi connectivity index (χ4v) is 6.85. The lowest BCUT2D eigenvalue weighted by Gasteiger charge is -2.14. The van der Waals surface area contributed by atoms with Crippen molar-refractivity contribution in [1.82, 2.24) is 9.78 Å². The fourth-order valence-electron chi connectivity index (χ4n) is 3.92. The Kier molecular flexibility index (Phi) is 10.5. The summed E-state index contributed by atoms with van der Waals surface area (Å²) in [5, 5.41) is 38.4. The van der Waals surface area contributed by atoms with Gasteiger partial charge in [0.25, 0.3) is 26.1 Å². The van der Waals surface area contributed by atoms with Crippen LogP contribution in [0.1, 0.15) is 16.1 Å². The normalized spacial score (nSPS) is 15.1. The van der Waals surface area contributed by atoms with E-state index in [1.54, 1.807) is 45.2 Å². The molecule has 1 aliphatic rings. The Labute approximate surface area is 292 Å². The van der Waals surface area contributed by atoms with Gasteiger partial charge in [0.05, 0.1) is 32.3 Å². The van der Waals surface area contributed by atoms with Crippen molar-refractivity contribution in [3.8, 4) is 11.6 Å². The minimum Gasteiger partial charge on any atom is -0.493 e. The van der Waals surface area contributed by atoms with E-state index >= 15 is 0 Å². The molecule has 20 heteroatoms. The molecule has 244 valence electrons. The first-order valence-electron chi connectivity index (χ1n) is 12.4. The number of allylic oxidation sites excluding steroid dienone is 6. The van der Waals surface area contributed by atoms with Crippen molar-refractivity contribution in [3.63, 3.8) is 0 Å². The van der Waals surface area contributed by atoms with Crippen LogP contribution in [0, 0.1) is 7.14 Å². The third-order valence-electron chi connectivity index (χ3n) is 6.04. The van der Waals surface area contributed by atoms with E-state index in [0.29, 0.717) is 0 Å².